The summed E-state index contributed by atoms with van der Waals surface area (Å²) in [5.74, 6) is 0. The number of benzene rings is 1. The van der Waals surface area contributed by atoms with Crippen molar-refractivity contribution in [3.05, 3.63) is 33.8 Å². The fourth-order valence-corrected chi connectivity index (χ4v) is 2.01. The smallest absolute Gasteiger partial charge is 0.0732 e. The van der Waals surface area contributed by atoms with Gasteiger partial charge in [0.25, 0.3) is 0 Å². The third-order valence-electron chi connectivity index (χ3n) is 2.27. The lowest BCUT2D eigenvalue weighted by molar-refractivity contribution is 0.134. The first kappa shape index (κ1) is 16.0. The molecule has 0 aromatic heterocycles. The molecule has 5 heteroatoms. The maximum Gasteiger partial charge on any atom is 0.0732 e. The van der Waals surface area contributed by atoms with E-state index in [2.05, 4.69) is 0 Å². The molecule has 0 saturated heterocycles. The molecule has 2 atom stereocenters. The van der Waals surface area contributed by atoms with Crippen LogP contribution in [0.25, 0.3) is 0 Å². The van der Waals surface area contributed by atoms with Gasteiger partial charge in [0.05, 0.1) is 12.1 Å². The molecule has 0 heterocycles. The molecule has 92 valence electrons. The van der Waals surface area contributed by atoms with E-state index in [0.717, 1.165) is 12.0 Å². The van der Waals surface area contributed by atoms with Gasteiger partial charge in [-0.1, -0.05) is 36.5 Å². The van der Waals surface area contributed by atoms with Crippen LogP contribution in [0.1, 0.15) is 31.4 Å². The van der Waals surface area contributed by atoms with Crippen LogP contribution in [0, 0.1) is 0 Å². The minimum absolute atomic E-state index is 0. The molecule has 0 amide bonds. The Balaban J connectivity index is 0.00000225. The van der Waals surface area contributed by atoms with E-state index in [1.165, 1.54) is 0 Å². The van der Waals surface area contributed by atoms with Gasteiger partial charge < -0.3 is 10.8 Å². The van der Waals surface area contributed by atoms with E-state index in [1.54, 1.807) is 18.2 Å². The SMILES string of the molecule is CCC[C@H](O)[C@H](N)c1cc(Cl)cc(Cl)c1.Cl. The lowest BCUT2D eigenvalue weighted by Crippen LogP contribution is -2.25. The standard InChI is InChI=1S/C11H15Cl2NO.ClH/c1-2-3-10(15)11(14)7-4-8(12)6-9(13)5-7;/h4-6,10-11,15H,2-3,14H2,1H3;1H/t10-,11+;/m0./s1. The lowest BCUT2D eigenvalue weighted by atomic mass is 9.99. The highest BCUT2D eigenvalue weighted by Gasteiger charge is 2.16. The molecule has 2 nitrogen and oxygen atoms in total. The van der Waals surface area contributed by atoms with Crippen LogP contribution in [-0.2, 0) is 0 Å². The van der Waals surface area contributed by atoms with E-state index in [1.807, 2.05) is 6.92 Å². The molecule has 0 radical (unpaired) electrons. The molecule has 0 bridgehead atoms. The molecule has 0 fully saturated rings. The van der Waals surface area contributed by atoms with Crippen LogP contribution in [0.15, 0.2) is 18.2 Å². The molecule has 0 spiro atoms. The van der Waals surface area contributed by atoms with Gasteiger partial charge in [0.2, 0.25) is 0 Å². The van der Waals surface area contributed by atoms with Gasteiger partial charge in [-0.25, -0.2) is 0 Å². The summed E-state index contributed by atoms with van der Waals surface area (Å²) >= 11 is 11.7. The highest BCUT2D eigenvalue weighted by Crippen LogP contribution is 2.25. The molecule has 0 aliphatic heterocycles. The number of aliphatic hydroxyl groups is 1. The summed E-state index contributed by atoms with van der Waals surface area (Å²) in [7, 11) is 0. The van der Waals surface area contributed by atoms with Crippen LogP contribution in [0.2, 0.25) is 10.0 Å². The van der Waals surface area contributed by atoms with E-state index in [0.29, 0.717) is 16.5 Å². The largest absolute Gasteiger partial charge is 0.391 e. The normalized spacial score (nSPS) is 14.1. The zero-order valence-corrected chi connectivity index (χ0v) is 11.3. The lowest BCUT2D eigenvalue weighted by Gasteiger charge is -2.19. The summed E-state index contributed by atoms with van der Waals surface area (Å²) in [6.07, 6.45) is 1.01. The second kappa shape index (κ2) is 7.36. The molecule has 1 aromatic carbocycles. The summed E-state index contributed by atoms with van der Waals surface area (Å²) in [6.45, 7) is 2.00. The summed E-state index contributed by atoms with van der Waals surface area (Å²) < 4.78 is 0. The van der Waals surface area contributed by atoms with Gasteiger partial charge in [-0.15, -0.1) is 12.4 Å². The maximum absolute atomic E-state index is 9.74. The zero-order chi connectivity index (χ0) is 11.4. The van der Waals surface area contributed by atoms with Gasteiger partial charge >= 0.3 is 0 Å². The van der Waals surface area contributed by atoms with Crippen molar-refractivity contribution in [2.24, 2.45) is 5.73 Å². The van der Waals surface area contributed by atoms with Gasteiger partial charge in [-0.2, -0.15) is 0 Å². The highest BCUT2D eigenvalue weighted by atomic mass is 35.5. The fraction of sp³-hybridized carbons (Fsp3) is 0.455. The van der Waals surface area contributed by atoms with E-state index in [4.69, 9.17) is 28.9 Å². The number of rotatable bonds is 4. The molecule has 1 rings (SSSR count). The van der Waals surface area contributed by atoms with Gasteiger partial charge in [0, 0.05) is 10.0 Å². The van der Waals surface area contributed by atoms with Crippen molar-refractivity contribution in [2.45, 2.75) is 31.9 Å². The van der Waals surface area contributed by atoms with Crippen LogP contribution in [0.3, 0.4) is 0 Å². The number of nitrogens with two attached hydrogens (primary N) is 1. The monoisotopic (exact) mass is 283 g/mol. The maximum atomic E-state index is 9.74. The Morgan fingerprint density at radius 3 is 2.19 bits per heavy atom. The van der Waals surface area contributed by atoms with Crippen molar-refractivity contribution in [3.8, 4) is 0 Å². The van der Waals surface area contributed by atoms with Crippen molar-refractivity contribution in [3.63, 3.8) is 0 Å². The summed E-state index contributed by atoms with van der Waals surface area (Å²) in [4.78, 5) is 0. The number of hydrogen-bond acceptors (Lipinski definition) is 2. The Labute approximate surface area is 112 Å². The first-order valence-electron chi connectivity index (χ1n) is 4.94. The van der Waals surface area contributed by atoms with Gasteiger partial charge in [-0.3, -0.25) is 0 Å². The second-order valence-corrected chi connectivity index (χ2v) is 4.46. The number of aliphatic hydroxyl groups excluding tert-OH is 1. The summed E-state index contributed by atoms with van der Waals surface area (Å²) in [5, 5.41) is 10.8. The fourth-order valence-electron chi connectivity index (χ4n) is 1.47. The van der Waals surface area contributed by atoms with Crippen LogP contribution in [-0.4, -0.2) is 11.2 Å². The average molecular weight is 285 g/mol. The van der Waals surface area contributed by atoms with Gasteiger partial charge in [-0.05, 0) is 30.2 Å². The predicted molar refractivity (Wildman–Crippen MR) is 71.6 cm³/mol. The number of halogens is 3. The minimum atomic E-state index is -0.551. The predicted octanol–water partition coefficient (Wildman–Crippen LogP) is 3.58. The van der Waals surface area contributed by atoms with E-state index >= 15 is 0 Å². The third kappa shape index (κ3) is 4.48. The molecule has 0 unspecified atom stereocenters. The first-order valence-corrected chi connectivity index (χ1v) is 5.69. The first-order chi connectivity index (χ1) is 7.04. The van der Waals surface area contributed by atoms with Crippen LogP contribution in [0.5, 0.6) is 0 Å². The summed E-state index contributed by atoms with van der Waals surface area (Å²) in [6, 6.07) is 4.68. The number of hydrogen-bond donors (Lipinski definition) is 2. The van der Waals surface area contributed by atoms with Crippen LogP contribution >= 0.6 is 35.6 Å². The summed E-state index contributed by atoms with van der Waals surface area (Å²) in [5.41, 5.74) is 6.67. The topological polar surface area (TPSA) is 46.2 Å². The molecule has 1 aromatic rings. The van der Waals surface area contributed by atoms with E-state index < -0.39 is 12.1 Å². The molecule has 0 aliphatic carbocycles. The molecule has 16 heavy (non-hydrogen) atoms. The molecular formula is C11H16Cl3NO. The Morgan fingerprint density at radius 2 is 1.75 bits per heavy atom. The Bertz CT molecular complexity index is 313. The van der Waals surface area contributed by atoms with Gasteiger partial charge in [0.15, 0.2) is 0 Å². The van der Waals surface area contributed by atoms with E-state index in [9.17, 15) is 5.11 Å². The minimum Gasteiger partial charge on any atom is -0.391 e. The molecule has 0 aliphatic rings. The van der Waals surface area contributed by atoms with Crippen molar-refractivity contribution >= 4 is 35.6 Å². The van der Waals surface area contributed by atoms with Crippen molar-refractivity contribution in [1.29, 1.82) is 0 Å². The third-order valence-corrected chi connectivity index (χ3v) is 2.71. The molecular weight excluding hydrogens is 268 g/mol. The Morgan fingerprint density at radius 1 is 1.25 bits per heavy atom. The molecule has 3 N–H and O–H groups in total. The van der Waals surface area contributed by atoms with Crippen molar-refractivity contribution in [2.75, 3.05) is 0 Å². The van der Waals surface area contributed by atoms with Gasteiger partial charge in [0.1, 0.15) is 0 Å². The van der Waals surface area contributed by atoms with Crippen molar-refractivity contribution in [1.82, 2.24) is 0 Å². The Hall–Kier alpha value is 0.01000. The average Bonchev–Trinajstić information content (AvgIpc) is 2.15. The van der Waals surface area contributed by atoms with Crippen LogP contribution < -0.4 is 5.73 Å². The zero-order valence-electron chi connectivity index (χ0n) is 8.99. The molecule has 0 saturated carbocycles. The quantitative estimate of drug-likeness (QED) is 0.888. The highest BCUT2D eigenvalue weighted by molar-refractivity contribution is 6.34. The van der Waals surface area contributed by atoms with Crippen LogP contribution in [0.4, 0.5) is 0 Å². The Kier molecular flexibility index (Phi) is 7.36. The van der Waals surface area contributed by atoms with E-state index in [-0.39, 0.29) is 12.4 Å². The van der Waals surface area contributed by atoms with Crippen molar-refractivity contribution < 1.29 is 5.11 Å². The second-order valence-electron chi connectivity index (χ2n) is 3.58.